The normalized spacial score (nSPS) is 30.2. The number of aliphatic hydroxyl groups is 2. The summed E-state index contributed by atoms with van der Waals surface area (Å²) in [7, 11) is 0. The molecule has 0 saturated carbocycles. The topological polar surface area (TPSA) is 119 Å². The quantitative estimate of drug-likeness (QED) is 0.649. The van der Waals surface area contributed by atoms with Crippen LogP contribution in [-0.2, 0) is 4.74 Å². The molecule has 1 aliphatic rings. The summed E-state index contributed by atoms with van der Waals surface area (Å²) >= 11 is 5.71. The molecule has 0 aliphatic carbocycles. The average molecular weight is 304 g/mol. The summed E-state index contributed by atoms with van der Waals surface area (Å²) in [5.41, 5.74) is 6.10. The molecule has 0 spiro atoms. The van der Waals surface area contributed by atoms with Crippen molar-refractivity contribution in [3.8, 4) is 0 Å². The summed E-state index contributed by atoms with van der Waals surface area (Å²) in [5, 5.41) is 18.6. The zero-order valence-corrected chi connectivity index (χ0v) is 10.8. The number of ether oxygens (including phenoxy) is 1. The highest BCUT2D eigenvalue weighted by Crippen LogP contribution is 2.34. The summed E-state index contributed by atoms with van der Waals surface area (Å²) in [4.78, 5) is 11.7. The maximum Gasteiger partial charge on any atom is 0.226 e. The molecule has 2 aromatic heterocycles. The highest BCUT2D eigenvalue weighted by molar-refractivity contribution is 6.28. The predicted molar refractivity (Wildman–Crippen MR) is 66.6 cm³/mol. The van der Waals surface area contributed by atoms with Gasteiger partial charge in [-0.05, 0) is 11.6 Å². The van der Waals surface area contributed by atoms with Crippen LogP contribution in [0.3, 0.4) is 0 Å². The van der Waals surface area contributed by atoms with Crippen molar-refractivity contribution in [3.05, 3.63) is 11.6 Å². The number of halogens is 2. The Morgan fingerprint density at radius 1 is 1.50 bits per heavy atom. The van der Waals surface area contributed by atoms with Crippen molar-refractivity contribution in [1.29, 1.82) is 0 Å². The summed E-state index contributed by atoms with van der Waals surface area (Å²) in [5.74, 6) is 0.0615. The second-order valence-corrected chi connectivity index (χ2v) is 4.72. The Morgan fingerprint density at radius 3 is 2.90 bits per heavy atom. The van der Waals surface area contributed by atoms with E-state index < -0.39 is 31.2 Å². The van der Waals surface area contributed by atoms with E-state index in [4.69, 9.17) is 27.2 Å². The van der Waals surface area contributed by atoms with Crippen LogP contribution in [0.25, 0.3) is 11.2 Å². The lowest BCUT2D eigenvalue weighted by Crippen LogP contribution is -2.30. The molecular weight excluding hydrogens is 293 g/mol. The summed E-state index contributed by atoms with van der Waals surface area (Å²) in [6, 6.07) is 0. The van der Waals surface area contributed by atoms with E-state index in [2.05, 4.69) is 15.0 Å². The first kappa shape index (κ1) is 13.4. The maximum absolute atomic E-state index is 14.1. The zero-order chi connectivity index (χ0) is 14.4. The molecule has 0 aromatic carbocycles. The molecule has 20 heavy (non-hydrogen) atoms. The van der Waals surface area contributed by atoms with Crippen molar-refractivity contribution >= 4 is 28.6 Å². The van der Waals surface area contributed by atoms with Gasteiger partial charge in [-0.2, -0.15) is 9.97 Å². The van der Waals surface area contributed by atoms with E-state index in [0.717, 1.165) is 0 Å². The zero-order valence-electron chi connectivity index (χ0n) is 10.0. The molecule has 1 saturated heterocycles. The largest absolute Gasteiger partial charge is 0.394 e. The predicted octanol–water partition coefficient (Wildman–Crippen LogP) is -0.349. The minimum Gasteiger partial charge on any atom is -0.394 e. The van der Waals surface area contributed by atoms with E-state index in [0.29, 0.717) is 0 Å². The van der Waals surface area contributed by atoms with E-state index in [9.17, 15) is 9.50 Å². The number of aromatic nitrogens is 4. The molecule has 108 valence electrons. The summed E-state index contributed by atoms with van der Waals surface area (Å²) in [6.07, 6.45) is -4.08. The SMILES string of the molecule is Nc1nc(Cl)nc2c1ncn2[C@H]1O[C@H](CO)C(O)[C@@H]1F. The van der Waals surface area contributed by atoms with Crippen molar-refractivity contribution in [3.63, 3.8) is 0 Å². The second-order valence-electron chi connectivity index (χ2n) is 4.38. The Balaban J connectivity index is 2.07. The molecule has 3 rings (SSSR count). The number of anilines is 1. The van der Waals surface area contributed by atoms with Crippen molar-refractivity contribution in [1.82, 2.24) is 19.5 Å². The van der Waals surface area contributed by atoms with Gasteiger partial charge >= 0.3 is 0 Å². The number of hydrogen-bond donors (Lipinski definition) is 3. The number of hydrogen-bond acceptors (Lipinski definition) is 7. The molecule has 1 aliphatic heterocycles. The number of rotatable bonds is 2. The first-order valence-electron chi connectivity index (χ1n) is 5.77. The molecule has 0 bridgehead atoms. The fraction of sp³-hybridized carbons (Fsp3) is 0.500. The lowest BCUT2D eigenvalue weighted by molar-refractivity contribution is -0.0459. The van der Waals surface area contributed by atoms with Crippen LogP contribution in [0.15, 0.2) is 6.33 Å². The molecule has 1 fully saturated rings. The van der Waals surface area contributed by atoms with Crippen LogP contribution in [0.2, 0.25) is 5.28 Å². The Morgan fingerprint density at radius 2 is 2.25 bits per heavy atom. The monoisotopic (exact) mass is 303 g/mol. The fourth-order valence-electron chi connectivity index (χ4n) is 2.18. The summed E-state index contributed by atoms with van der Waals surface area (Å²) in [6.45, 7) is -0.497. The molecular formula is C10H11ClFN5O3. The molecule has 1 unspecified atom stereocenters. The minimum absolute atomic E-state index is 0.0615. The van der Waals surface area contributed by atoms with Gasteiger partial charge in [0.05, 0.1) is 12.9 Å². The molecule has 0 radical (unpaired) electrons. The molecule has 2 aromatic rings. The highest BCUT2D eigenvalue weighted by Gasteiger charge is 2.45. The Hall–Kier alpha value is -1.55. The molecule has 4 atom stereocenters. The lowest BCUT2D eigenvalue weighted by Gasteiger charge is -2.15. The average Bonchev–Trinajstić information content (AvgIpc) is 2.93. The number of aliphatic hydroxyl groups excluding tert-OH is 2. The van der Waals surface area contributed by atoms with Crippen molar-refractivity contribution in [2.45, 2.75) is 24.6 Å². The highest BCUT2D eigenvalue weighted by atomic mass is 35.5. The van der Waals surface area contributed by atoms with Gasteiger partial charge in [-0.3, -0.25) is 4.57 Å². The van der Waals surface area contributed by atoms with E-state index in [1.807, 2.05) is 0 Å². The van der Waals surface area contributed by atoms with Crippen molar-refractivity contribution in [2.24, 2.45) is 0 Å². The Bertz CT molecular complexity index is 653. The van der Waals surface area contributed by atoms with E-state index >= 15 is 0 Å². The molecule has 3 heterocycles. The number of alkyl halides is 1. The van der Waals surface area contributed by atoms with Gasteiger partial charge < -0.3 is 20.7 Å². The van der Waals surface area contributed by atoms with Gasteiger partial charge in [0.1, 0.15) is 17.7 Å². The maximum atomic E-state index is 14.1. The van der Waals surface area contributed by atoms with Crippen LogP contribution in [0.1, 0.15) is 6.23 Å². The molecule has 10 heteroatoms. The number of nitrogens with two attached hydrogens (primary N) is 1. The van der Waals surface area contributed by atoms with E-state index in [1.54, 1.807) is 0 Å². The van der Waals surface area contributed by atoms with Crippen LogP contribution < -0.4 is 5.73 Å². The first-order valence-corrected chi connectivity index (χ1v) is 6.14. The van der Waals surface area contributed by atoms with Crippen molar-refractivity contribution in [2.75, 3.05) is 12.3 Å². The van der Waals surface area contributed by atoms with Crippen LogP contribution in [0, 0.1) is 0 Å². The molecule has 0 amide bonds. The van der Waals surface area contributed by atoms with Crippen LogP contribution in [0.4, 0.5) is 10.2 Å². The summed E-state index contributed by atoms with van der Waals surface area (Å²) < 4.78 is 20.6. The molecule has 4 N–H and O–H groups in total. The second kappa shape index (κ2) is 4.77. The third kappa shape index (κ3) is 1.90. The molecule has 8 nitrogen and oxygen atoms in total. The van der Waals surface area contributed by atoms with E-state index in [-0.39, 0.29) is 22.3 Å². The van der Waals surface area contributed by atoms with Crippen LogP contribution >= 0.6 is 11.6 Å². The third-order valence-electron chi connectivity index (χ3n) is 3.17. The van der Waals surface area contributed by atoms with Crippen LogP contribution in [0.5, 0.6) is 0 Å². The van der Waals surface area contributed by atoms with Gasteiger partial charge in [0.25, 0.3) is 0 Å². The fourth-order valence-corrected chi connectivity index (χ4v) is 2.35. The van der Waals surface area contributed by atoms with E-state index in [1.165, 1.54) is 10.9 Å². The smallest absolute Gasteiger partial charge is 0.226 e. The number of nitrogens with zero attached hydrogens (tertiary/aromatic N) is 4. The van der Waals surface area contributed by atoms with Gasteiger partial charge in [0.15, 0.2) is 23.9 Å². The standard InChI is InChI=1S/C10H11ClFN5O3/c11-10-15-7(13)5-8(16-10)17(2-14-5)9-4(12)6(19)3(1-18)20-9/h2-4,6,9,18-19H,1H2,(H2,13,15,16)/t3-,4+,6?,9+/m1/s1. The van der Waals surface area contributed by atoms with Gasteiger partial charge in [-0.15, -0.1) is 0 Å². The Labute approximate surface area is 117 Å². The Kier molecular flexibility index (Phi) is 3.21. The van der Waals surface area contributed by atoms with Crippen molar-refractivity contribution < 1.29 is 19.3 Å². The third-order valence-corrected chi connectivity index (χ3v) is 3.34. The number of imidazole rings is 1. The number of nitrogen functional groups attached to an aromatic ring is 1. The first-order chi connectivity index (χ1) is 9.52. The lowest BCUT2D eigenvalue weighted by atomic mass is 10.1. The van der Waals surface area contributed by atoms with Gasteiger partial charge in [-0.1, -0.05) is 0 Å². The van der Waals surface area contributed by atoms with Gasteiger partial charge in [-0.25, -0.2) is 9.37 Å². The van der Waals surface area contributed by atoms with Gasteiger partial charge in [0.2, 0.25) is 5.28 Å². The van der Waals surface area contributed by atoms with Gasteiger partial charge in [0, 0.05) is 0 Å². The van der Waals surface area contributed by atoms with Crippen LogP contribution in [-0.4, -0.2) is 54.7 Å². The number of fused-ring (bicyclic) bond motifs is 1. The minimum atomic E-state index is -1.74.